The number of aromatic nitrogens is 2. The fourth-order valence-electron chi connectivity index (χ4n) is 4.22. The number of anilines is 1. The molecule has 0 radical (unpaired) electrons. The molecule has 140 valence electrons. The summed E-state index contributed by atoms with van der Waals surface area (Å²) in [7, 11) is -1.79. The number of β-amino-alcohol motifs (C(OH)–C–C–N with tert-alkyl or cyclic N) is 1. The molecule has 0 aliphatic carbocycles. The van der Waals surface area contributed by atoms with E-state index in [4.69, 9.17) is 0 Å². The Morgan fingerprint density at radius 2 is 2.08 bits per heavy atom. The van der Waals surface area contributed by atoms with Crippen LogP contribution in [0.5, 0.6) is 0 Å². The molecule has 0 unspecified atom stereocenters. The second-order valence-corrected chi connectivity index (χ2v) is 9.49. The van der Waals surface area contributed by atoms with Crippen molar-refractivity contribution < 1.29 is 13.5 Å². The van der Waals surface area contributed by atoms with E-state index in [2.05, 4.69) is 10.00 Å². The van der Waals surface area contributed by atoms with Crippen LogP contribution in [0.3, 0.4) is 0 Å². The Labute approximate surface area is 153 Å². The van der Waals surface area contributed by atoms with E-state index in [1.165, 1.54) is 4.31 Å². The van der Waals surface area contributed by atoms with Gasteiger partial charge in [-0.3, -0.25) is 13.9 Å². The first-order chi connectivity index (χ1) is 12.4. The number of hydrogen-bond acceptors (Lipinski definition) is 5. The van der Waals surface area contributed by atoms with Crippen LogP contribution >= 0.6 is 0 Å². The SMILES string of the molecule is Cn1cc(CN2CCC[C@@]3(C2)[C@@H](O)CN(c2ccccc2)S3(=O)=O)cn1. The van der Waals surface area contributed by atoms with Crippen molar-refractivity contribution in [2.24, 2.45) is 7.05 Å². The Balaban J connectivity index is 1.62. The molecule has 2 fully saturated rings. The van der Waals surface area contributed by atoms with Crippen LogP contribution in [0.4, 0.5) is 5.69 Å². The topological polar surface area (TPSA) is 78.7 Å². The molecule has 0 saturated carbocycles. The summed E-state index contributed by atoms with van der Waals surface area (Å²) in [5, 5.41) is 15.0. The molecule has 1 aromatic carbocycles. The van der Waals surface area contributed by atoms with Gasteiger partial charge in [0, 0.05) is 31.9 Å². The highest BCUT2D eigenvalue weighted by Crippen LogP contribution is 2.42. The summed E-state index contributed by atoms with van der Waals surface area (Å²) >= 11 is 0. The highest BCUT2D eigenvalue weighted by Gasteiger charge is 2.60. The Morgan fingerprint density at radius 3 is 2.77 bits per heavy atom. The fraction of sp³-hybridized carbons (Fsp3) is 0.500. The van der Waals surface area contributed by atoms with Gasteiger partial charge < -0.3 is 5.11 Å². The summed E-state index contributed by atoms with van der Waals surface area (Å²) in [5.74, 6) is 0. The van der Waals surface area contributed by atoms with E-state index in [1.54, 1.807) is 23.0 Å². The quantitative estimate of drug-likeness (QED) is 0.863. The molecule has 8 heteroatoms. The average Bonchev–Trinajstić information content (AvgIpc) is 3.11. The maximum Gasteiger partial charge on any atom is 0.244 e. The number of nitrogens with zero attached hydrogens (tertiary/aromatic N) is 4. The maximum atomic E-state index is 13.4. The van der Waals surface area contributed by atoms with Crippen LogP contribution in [0.15, 0.2) is 42.7 Å². The molecule has 1 N–H and O–H groups in total. The number of para-hydroxylation sites is 1. The van der Waals surface area contributed by atoms with E-state index in [0.29, 0.717) is 25.2 Å². The number of likely N-dealkylation sites (tertiary alicyclic amines) is 1. The second-order valence-electron chi connectivity index (χ2n) is 7.29. The van der Waals surface area contributed by atoms with E-state index in [9.17, 15) is 13.5 Å². The largest absolute Gasteiger partial charge is 0.389 e. The highest BCUT2D eigenvalue weighted by atomic mass is 32.2. The summed E-state index contributed by atoms with van der Waals surface area (Å²) in [6.07, 6.45) is 4.08. The van der Waals surface area contributed by atoms with Crippen LogP contribution in [0.2, 0.25) is 0 Å². The number of piperidine rings is 1. The van der Waals surface area contributed by atoms with E-state index in [0.717, 1.165) is 18.5 Å². The van der Waals surface area contributed by atoms with E-state index >= 15 is 0 Å². The molecule has 2 saturated heterocycles. The Bertz CT molecular complexity index is 883. The Morgan fingerprint density at radius 1 is 1.31 bits per heavy atom. The third-order valence-corrected chi connectivity index (χ3v) is 8.10. The fourth-order valence-corrected chi connectivity index (χ4v) is 6.56. The minimum atomic E-state index is -3.65. The summed E-state index contributed by atoms with van der Waals surface area (Å²) in [5.41, 5.74) is 1.67. The van der Waals surface area contributed by atoms with Crippen molar-refractivity contribution in [1.29, 1.82) is 0 Å². The summed E-state index contributed by atoms with van der Waals surface area (Å²) < 4.78 is 28.8. The van der Waals surface area contributed by atoms with Crippen LogP contribution < -0.4 is 4.31 Å². The summed E-state index contributed by atoms with van der Waals surface area (Å²) in [6.45, 7) is 1.93. The van der Waals surface area contributed by atoms with Gasteiger partial charge in [-0.2, -0.15) is 5.10 Å². The predicted molar refractivity (Wildman–Crippen MR) is 99.2 cm³/mol. The number of sulfonamides is 1. The predicted octanol–water partition coefficient (Wildman–Crippen LogP) is 0.966. The zero-order valence-corrected chi connectivity index (χ0v) is 15.6. The van der Waals surface area contributed by atoms with Crippen LogP contribution in [0, 0.1) is 0 Å². The lowest BCUT2D eigenvalue weighted by molar-refractivity contribution is 0.0800. The van der Waals surface area contributed by atoms with E-state index in [1.807, 2.05) is 31.4 Å². The smallest absolute Gasteiger partial charge is 0.244 e. The lowest BCUT2D eigenvalue weighted by Crippen LogP contribution is -2.57. The third kappa shape index (κ3) is 2.72. The summed E-state index contributed by atoms with van der Waals surface area (Å²) in [4.78, 5) is 2.12. The molecule has 2 atom stereocenters. The summed E-state index contributed by atoms with van der Waals surface area (Å²) in [6, 6.07) is 9.04. The molecular formula is C18H24N4O3S. The third-order valence-electron chi connectivity index (χ3n) is 5.52. The van der Waals surface area contributed by atoms with Gasteiger partial charge in [-0.05, 0) is 31.5 Å². The average molecular weight is 376 g/mol. The normalized spacial score (nSPS) is 28.7. The molecule has 4 rings (SSSR count). The molecule has 2 aromatic rings. The first-order valence-electron chi connectivity index (χ1n) is 8.88. The Hall–Kier alpha value is -1.90. The van der Waals surface area contributed by atoms with E-state index in [-0.39, 0.29) is 6.54 Å². The molecule has 1 spiro atoms. The van der Waals surface area contributed by atoms with Crippen molar-refractivity contribution in [3.63, 3.8) is 0 Å². The molecule has 26 heavy (non-hydrogen) atoms. The van der Waals surface area contributed by atoms with Crippen LogP contribution in [0.1, 0.15) is 18.4 Å². The number of hydrogen-bond donors (Lipinski definition) is 1. The van der Waals surface area contributed by atoms with Crippen molar-refractivity contribution >= 4 is 15.7 Å². The van der Waals surface area contributed by atoms with Crippen LogP contribution in [-0.2, 0) is 23.6 Å². The minimum absolute atomic E-state index is 0.118. The van der Waals surface area contributed by atoms with Gasteiger partial charge in [0.1, 0.15) is 4.75 Å². The van der Waals surface area contributed by atoms with Crippen molar-refractivity contribution in [1.82, 2.24) is 14.7 Å². The number of aliphatic hydroxyl groups excluding tert-OH is 1. The second kappa shape index (κ2) is 6.37. The van der Waals surface area contributed by atoms with Gasteiger partial charge in [-0.1, -0.05) is 18.2 Å². The van der Waals surface area contributed by atoms with Crippen molar-refractivity contribution in [3.8, 4) is 0 Å². The van der Waals surface area contributed by atoms with Gasteiger partial charge in [0.2, 0.25) is 10.0 Å². The van der Waals surface area contributed by atoms with Crippen molar-refractivity contribution in [3.05, 3.63) is 48.3 Å². The van der Waals surface area contributed by atoms with Gasteiger partial charge in [0.15, 0.2) is 0 Å². The monoisotopic (exact) mass is 376 g/mol. The minimum Gasteiger partial charge on any atom is -0.389 e. The molecule has 1 aromatic heterocycles. The van der Waals surface area contributed by atoms with Gasteiger partial charge in [-0.25, -0.2) is 8.42 Å². The van der Waals surface area contributed by atoms with Gasteiger partial charge in [-0.15, -0.1) is 0 Å². The maximum absolute atomic E-state index is 13.4. The Kier molecular flexibility index (Phi) is 4.29. The van der Waals surface area contributed by atoms with Crippen LogP contribution in [0.25, 0.3) is 0 Å². The standard InChI is InChI=1S/C18H24N4O3S/c1-20-11-15(10-19-20)12-21-9-5-8-18(14-21)17(23)13-22(26(18,24)25)16-6-3-2-4-7-16/h2-4,6-7,10-11,17,23H,5,8-9,12-14H2,1H3/t17-,18+/m0/s1. The van der Waals surface area contributed by atoms with Crippen molar-refractivity contribution in [2.75, 3.05) is 23.9 Å². The number of aryl methyl sites for hydroxylation is 1. The molecule has 0 bridgehead atoms. The molecule has 0 amide bonds. The zero-order chi connectivity index (χ0) is 18.4. The molecule has 2 aliphatic rings. The van der Waals surface area contributed by atoms with Gasteiger partial charge in [0.05, 0.1) is 24.5 Å². The molecule has 2 aliphatic heterocycles. The molecular weight excluding hydrogens is 352 g/mol. The highest BCUT2D eigenvalue weighted by molar-refractivity contribution is 7.94. The molecule has 7 nitrogen and oxygen atoms in total. The zero-order valence-electron chi connectivity index (χ0n) is 14.8. The van der Waals surface area contributed by atoms with Crippen LogP contribution in [-0.4, -0.2) is 58.7 Å². The lowest BCUT2D eigenvalue weighted by Gasteiger charge is -2.40. The van der Waals surface area contributed by atoms with Crippen molar-refractivity contribution in [2.45, 2.75) is 30.2 Å². The van der Waals surface area contributed by atoms with E-state index < -0.39 is 20.9 Å². The number of aliphatic hydroxyl groups is 1. The lowest BCUT2D eigenvalue weighted by atomic mass is 9.91. The molecule has 3 heterocycles. The van der Waals surface area contributed by atoms with Gasteiger partial charge in [0.25, 0.3) is 0 Å². The van der Waals surface area contributed by atoms with Gasteiger partial charge >= 0.3 is 0 Å². The first kappa shape index (κ1) is 17.5. The first-order valence-corrected chi connectivity index (χ1v) is 10.3. The number of benzene rings is 1. The number of rotatable bonds is 3.